The van der Waals surface area contributed by atoms with Gasteiger partial charge in [0.05, 0.1) is 5.56 Å². The lowest BCUT2D eigenvalue weighted by molar-refractivity contribution is -0.137. The molecule has 0 aromatic heterocycles. The first kappa shape index (κ1) is 13.2. The lowest BCUT2D eigenvalue weighted by atomic mass is 10.1. The maximum Gasteiger partial charge on any atom is 0.416 e. The highest BCUT2D eigenvalue weighted by atomic mass is 19.4. The smallest absolute Gasteiger partial charge is 0.381 e. The highest BCUT2D eigenvalue weighted by Gasteiger charge is 2.29. The number of anilines is 1. The topological polar surface area (TPSA) is 24.1 Å². The van der Waals surface area contributed by atoms with Gasteiger partial charge in [-0.2, -0.15) is 13.2 Å². The monoisotopic (exact) mass is 258 g/mol. The van der Waals surface area contributed by atoms with Gasteiger partial charge in [0, 0.05) is 18.3 Å². The van der Waals surface area contributed by atoms with Gasteiger partial charge in [0.1, 0.15) is 0 Å². The molecule has 0 saturated carbocycles. The standard InChI is InChI=1S/C13H17F3N2/c14-13(15,16)10-4-6-11(7-5-10)18-12-3-1-2-8-17-9-12/h4-7,12,17-18H,1-3,8-9H2. The van der Waals surface area contributed by atoms with Gasteiger partial charge in [-0.25, -0.2) is 0 Å². The zero-order chi connectivity index (χ0) is 13.0. The number of halogens is 3. The minimum Gasteiger partial charge on any atom is -0.381 e. The molecule has 5 heteroatoms. The summed E-state index contributed by atoms with van der Waals surface area (Å²) >= 11 is 0. The van der Waals surface area contributed by atoms with Crippen LogP contribution in [0.25, 0.3) is 0 Å². The zero-order valence-electron chi connectivity index (χ0n) is 10.1. The molecule has 0 spiro atoms. The molecule has 100 valence electrons. The van der Waals surface area contributed by atoms with Crippen molar-refractivity contribution in [3.8, 4) is 0 Å². The van der Waals surface area contributed by atoms with E-state index in [-0.39, 0.29) is 0 Å². The molecule has 0 radical (unpaired) electrons. The fourth-order valence-electron chi connectivity index (χ4n) is 2.13. The Balaban J connectivity index is 1.97. The molecule has 0 amide bonds. The van der Waals surface area contributed by atoms with Gasteiger partial charge in [-0.3, -0.25) is 0 Å². The van der Waals surface area contributed by atoms with E-state index < -0.39 is 11.7 Å². The van der Waals surface area contributed by atoms with Crippen LogP contribution in [-0.2, 0) is 6.18 Å². The minimum atomic E-state index is -4.26. The molecule has 1 heterocycles. The van der Waals surface area contributed by atoms with Crippen LogP contribution in [0.1, 0.15) is 24.8 Å². The molecule has 2 rings (SSSR count). The van der Waals surface area contributed by atoms with E-state index in [0.29, 0.717) is 6.04 Å². The van der Waals surface area contributed by atoms with Gasteiger partial charge >= 0.3 is 6.18 Å². The average Bonchev–Trinajstić information content (AvgIpc) is 2.57. The predicted molar refractivity (Wildman–Crippen MR) is 65.6 cm³/mol. The maximum atomic E-state index is 12.4. The quantitative estimate of drug-likeness (QED) is 0.850. The number of rotatable bonds is 2. The molecule has 1 saturated heterocycles. The first-order valence-corrected chi connectivity index (χ1v) is 6.20. The first-order valence-electron chi connectivity index (χ1n) is 6.20. The third kappa shape index (κ3) is 3.63. The zero-order valence-corrected chi connectivity index (χ0v) is 10.1. The molecule has 1 fully saturated rings. The minimum absolute atomic E-state index is 0.296. The molecular weight excluding hydrogens is 241 g/mol. The van der Waals surface area contributed by atoms with Crippen LogP contribution in [0.3, 0.4) is 0 Å². The van der Waals surface area contributed by atoms with Crippen LogP contribution in [0.5, 0.6) is 0 Å². The summed E-state index contributed by atoms with van der Waals surface area (Å²) in [5.74, 6) is 0. The SMILES string of the molecule is FC(F)(F)c1ccc(NC2CCCCNC2)cc1. The van der Waals surface area contributed by atoms with Crippen molar-refractivity contribution < 1.29 is 13.2 Å². The molecule has 0 bridgehead atoms. The Kier molecular flexibility index (Phi) is 4.11. The molecule has 2 N–H and O–H groups in total. The summed E-state index contributed by atoms with van der Waals surface area (Å²) in [7, 11) is 0. The summed E-state index contributed by atoms with van der Waals surface area (Å²) in [6.45, 7) is 1.88. The maximum absolute atomic E-state index is 12.4. The fraction of sp³-hybridized carbons (Fsp3) is 0.538. The Bertz CT molecular complexity index is 365. The molecule has 1 aliphatic heterocycles. The van der Waals surface area contributed by atoms with Gasteiger partial charge in [0.25, 0.3) is 0 Å². The van der Waals surface area contributed by atoms with E-state index in [1.807, 2.05) is 0 Å². The number of hydrogen-bond acceptors (Lipinski definition) is 2. The fourth-order valence-corrected chi connectivity index (χ4v) is 2.13. The first-order chi connectivity index (χ1) is 8.55. The number of hydrogen-bond donors (Lipinski definition) is 2. The summed E-state index contributed by atoms with van der Waals surface area (Å²) in [5, 5.41) is 6.58. The Hall–Kier alpha value is -1.23. The van der Waals surface area contributed by atoms with Crippen molar-refractivity contribution in [3.05, 3.63) is 29.8 Å². The van der Waals surface area contributed by atoms with Gasteiger partial charge in [-0.15, -0.1) is 0 Å². The van der Waals surface area contributed by atoms with Crippen LogP contribution in [0.2, 0.25) is 0 Å². The molecule has 1 aromatic rings. The summed E-state index contributed by atoms with van der Waals surface area (Å²) in [6.07, 6.45) is -0.910. The van der Waals surface area contributed by atoms with E-state index in [9.17, 15) is 13.2 Å². The molecule has 18 heavy (non-hydrogen) atoms. The van der Waals surface area contributed by atoms with E-state index in [1.165, 1.54) is 12.1 Å². The van der Waals surface area contributed by atoms with E-state index in [2.05, 4.69) is 10.6 Å². The van der Waals surface area contributed by atoms with Crippen molar-refractivity contribution in [2.75, 3.05) is 18.4 Å². The second-order valence-electron chi connectivity index (χ2n) is 4.62. The molecule has 1 atom stereocenters. The van der Waals surface area contributed by atoms with Crippen molar-refractivity contribution in [2.24, 2.45) is 0 Å². The molecule has 2 nitrogen and oxygen atoms in total. The number of benzene rings is 1. The van der Waals surface area contributed by atoms with Crippen LogP contribution < -0.4 is 10.6 Å². The highest BCUT2D eigenvalue weighted by molar-refractivity contribution is 5.46. The third-order valence-electron chi connectivity index (χ3n) is 3.13. The van der Waals surface area contributed by atoms with Gasteiger partial charge in [-0.1, -0.05) is 6.42 Å². The van der Waals surface area contributed by atoms with E-state index in [1.54, 1.807) is 0 Å². The van der Waals surface area contributed by atoms with Crippen molar-refractivity contribution in [2.45, 2.75) is 31.5 Å². The van der Waals surface area contributed by atoms with Crippen LogP contribution in [-0.4, -0.2) is 19.1 Å². The van der Waals surface area contributed by atoms with Gasteiger partial charge in [-0.05, 0) is 43.7 Å². The Morgan fingerprint density at radius 3 is 2.50 bits per heavy atom. The van der Waals surface area contributed by atoms with Gasteiger partial charge < -0.3 is 10.6 Å². The van der Waals surface area contributed by atoms with Crippen molar-refractivity contribution in [3.63, 3.8) is 0 Å². The third-order valence-corrected chi connectivity index (χ3v) is 3.13. The van der Waals surface area contributed by atoms with Crippen LogP contribution in [0.15, 0.2) is 24.3 Å². The largest absolute Gasteiger partial charge is 0.416 e. The lowest BCUT2D eigenvalue weighted by Crippen LogP contribution is -2.30. The van der Waals surface area contributed by atoms with Crippen LogP contribution in [0.4, 0.5) is 18.9 Å². The van der Waals surface area contributed by atoms with Gasteiger partial charge in [0.2, 0.25) is 0 Å². The highest BCUT2D eigenvalue weighted by Crippen LogP contribution is 2.30. The summed E-state index contributed by atoms with van der Waals surface area (Å²) in [4.78, 5) is 0. The van der Waals surface area contributed by atoms with Gasteiger partial charge in [0.15, 0.2) is 0 Å². The van der Waals surface area contributed by atoms with Crippen LogP contribution in [0, 0.1) is 0 Å². The number of nitrogens with one attached hydrogen (secondary N) is 2. The summed E-state index contributed by atoms with van der Waals surface area (Å²) in [5.41, 5.74) is 0.142. The van der Waals surface area contributed by atoms with E-state index >= 15 is 0 Å². The van der Waals surface area contributed by atoms with E-state index in [4.69, 9.17) is 0 Å². The molecule has 0 aliphatic carbocycles. The second kappa shape index (κ2) is 5.61. The molecular formula is C13H17F3N2. The molecule has 1 aliphatic rings. The Labute approximate surface area is 105 Å². The Morgan fingerprint density at radius 1 is 1.11 bits per heavy atom. The second-order valence-corrected chi connectivity index (χ2v) is 4.62. The van der Waals surface area contributed by atoms with Crippen molar-refractivity contribution in [1.82, 2.24) is 5.32 Å². The predicted octanol–water partition coefficient (Wildman–Crippen LogP) is 3.26. The van der Waals surface area contributed by atoms with Crippen molar-refractivity contribution in [1.29, 1.82) is 0 Å². The Morgan fingerprint density at radius 2 is 1.83 bits per heavy atom. The molecule has 1 aromatic carbocycles. The normalized spacial score (nSPS) is 21.4. The summed E-state index contributed by atoms with van der Waals surface area (Å²) < 4.78 is 37.2. The van der Waals surface area contributed by atoms with Crippen LogP contribution >= 0.6 is 0 Å². The van der Waals surface area contributed by atoms with Crippen molar-refractivity contribution >= 4 is 5.69 Å². The number of alkyl halides is 3. The lowest BCUT2D eigenvalue weighted by Gasteiger charge is -2.18. The van der Waals surface area contributed by atoms with E-state index in [0.717, 1.165) is 50.2 Å². The average molecular weight is 258 g/mol. The summed E-state index contributed by atoms with van der Waals surface area (Å²) in [6, 6.07) is 5.52. The molecule has 1 unspecified atom stereocenters.